The number of nitrogens with two attached hydrogens (primary N) is 2. The number of aryl methyl sites for hydroxylation is 1. The van der Waals surface area contributed by atoms with Crippen LogP contribution in [0, 0.1) is 6.92 Å². The Balaban J connectivity index is 2.35. The van der Waals surface area contributed by atoms with E-state index in [0.717, 1.165) is 11.3 Å². The van der Waals surface area contributed by atoms with E-state index >= 15 is 0 Å². The van der Waals surface area contributed by atoms with Crippen molar-refractivity contribution in [3.8, 4) is 5.69 Å². The average Bonchev–Trinajstić information content (AvgIpc) is 2.73. The fourth-order valence-corrected chi connectivity index (χ4v) is 3.90. The number of sulfonamides is 1. The first-order valence-corrected chi connectivity index (χ1v) is 8.68. The molecular weight excluding hydrogens is 368 g/mol. The lowest BCUT2D eigenvalue weighted by atomic mass is 10.2. The summed E-state index contributed by atoms with van der Waals surface area (Å²) >= 11 is 3.20. The van der Waals surface area contributed by atoms with Crippen molar-refractivity contribution in [2.45, 2.75) is 11.8 Å². The Kier molecular flexibility index (Phi) is 3.47. The van der Waals surface area contributed by atoms with Gasteiger partial charge in [0.05, 0.1) is 15.9 Å². The van der Waals surface area contributed by atoms with E-state index in [4.69, 9.17) is 10.9 Å². The molecule has 0 aliphatic heterocycles. The maximum absolute atomic E-state index is 11.7. The molecule has 0 aliphatic rings. The molecule has 0 amide bonds. The SMILES string of the molecule is Cc1ccc(-n2c(N)nc3cc(Br)c(S(N)(=O)=O)cc32)cc1. The van der Waals surface area contributed by atoms with Crippen LogP contribution in [-0.2, 0) is 10.0 Å². The standard InChI is InChI=1S/C14H13BrN4O2S/c1-8-2-4-9(5-3-8)19-12-7-13(22(17,20)21)10(15)6-11(12)18-14(19)16/h2-7H,1H3,(H2,16,18)(H2,17,20,21). The maximum Gasteiger partial charge on any atom is 0.239 e. The van der Waals surface area contributed by atoms with E-state index in [9.17, 15) is 8.42 Å². The summed E-state index contributed by atoms with van der Waals surface area (Å²) < 4.78 is 25.4. The highest BCUT2D eigenvalue weighted by molar-refractivity contribution is 9.10. The van der Waals surface area contributed by atoms with Gasteiger partial charge >= 0.3 is 0 Å². The molecule has 3 rings (SSSR count). The van der Waals surface area contributed by atoms with Crippen molar-refractivity contribution in [3.63, 3.8) is 0 Å². The summed E-state index contributed by atoms with van der Waals surface area (Å²) in [5.74, 6) is 0.275. The molecule has 0 saturated carbocycles. The molecule has 0 radical (unpaired) electrons. The van der Waals surface area contributed by atoms with Crippen LogP contribution in [0.15, 0.2) is 45.8 Å². The Morgan fingerprint density at radius 3 is 2.41 bits per heavy atom. The monoisotopic (exact) mass is 380 g/mol. The van der Waals surface area contributed by atoms with Crippen molar-refractivity contribution >= 4 is 42.9 Å². The zero-order valence-corrected chi connectivity index (χ0v) is 14.0. The Bertz CT molecular complexity index is 978. The molecule has 0 atom stereocenters. The second-order valence-corrected chi connectivity index (χ2v) is 7.34. The van der Waals surface area contributed by atoms with Crippen molar-refractivity contribution in [3.05, 3.63) is 46.4 Å². The Hall–Kier alpha value is -1.90. The summed E-state index contributed by atoms with van der Waals surface area (Å²) in [5, 5.41) is 5.25. The zero-order valence-electron chi connectivity index (χ0n) is 11.6. The van der Waals surface area contributed by atoms with E-state index in [1.807, 2.05) is 31.2 Å². The predicted molar refractivity (Wildman–Crippen MR) is 89.3 cm³/mol. The average molecular weight is 381 g/mol. The molecule has 0 fully saturated rings. The van der Waals surface area contributed by atoms with E-state index in [-0.39, 0.29) is 10.8 Å². The van der Waals surface area contributed by atoms with Crippen LogP contribution in [-0.4, -0.2) is 18.0 Å². The van der Waals surface area contributed by atoms with Gasteiger partial charge in [0.15, 0.2) is 0 Å². The van der Waals surface area contributed by atoms with Crippen LogP contribution >= 0.6 is 15.9 Å². The molecule has 6 nitrogen and oxygen atoms in total. The van der Waals surface area contributed by atoms with Crippen molar-refractivity contribution in [1.29, 1.82) is 0 Å². The lowest BCUT2D eigenvalue weighted by Gasteiger charge is -2.08. The van der Waals surface area contributed by atoms with Crippen LogP contribution in [0.2, 0.25) is 0 Å². The lowest BCUT2D eigenvalue weighted by molar-refractivity contribution is 0.597. The molecule has 3 aromatic rings. The minimum Gasteiger partial charge on any atom is -0.369 e. The van der Waals surface area contributed by atoms with Crippen LogP contribution in [0.4, 0.5) is 5.95 Å². The molecule has 22 heavy (non-hydrogen) atoms. The quantitative estimate of drug-likeness (QED) is 0.711. The van der Waals surface area contributed by atoms with Gasteiger partial charge < -0.3 is 5.73 Å². The second kappa shape index (κ2) is 5.08. The summed E-state index contributed by atoms with van der Waals surface area (Å²) in [6.45, 7) is 1.98. The zero-order chi connectivity index (χ0) is 16.1. The van der Waals surface area contributed by atoms with Crippen molar-refractivity contribution in [2.75, 3.05) is 5.73 Å². The van der Waals surface area contributed by atoms with Gasteiger partial charge in [-0.25, -0.2) is 18.5 Å². The number of benzene rings is 2. The van der Waals surface area contributed by atoms with Gasteiger partial charge in [0.1, 0.15) is 0 Å². The van der Waals surface area contributed by atoms with Crippen LogP contribution in [0.1, 0.15) is 5.56 Å². The highest BCUT2D eigenvalue weighted by atomic mass is 79.9. The minimum atomic E-state index is -3.85. The molecule has 0 spiro atoms. The number of aromatic nitrogens is 2. The molecule has 0 aliphatic carbocycles. The first-order chi connectivity index (χ1) is 10.3. The van der Waals surface area contributed by atoms with Gasteiger partial charge in [0.2, 0.25) is 16.0 Å². The van der Waals surface area contributed by atoms with E-state index in [0.29, 0.717) is 15.5 Å². The second-order valence-electron chi connectivity index (χ2n) is 4.96. The number of rotatable bonds is 2. The molecule has 8 heteroatoms. The molecule has 0 unspecified atom stereocenters. The highest BCUT2D eigenvalue weighted by Crippen LogP contribution is 2.30. The maximum atomic E-state index is 11.7. The Labute approximate surface area is 135 Å². The summed E-state index contributed by atoms with van der Waals surface area (Å²) in [7, 11) is -3.85. The number of primary sulfonamides is 1. The number of hydrogen-bond acceptors (Lipinski definition) is 4. The largest absolute Gasteiger partial charge is 0.369 e. The third-order valence-electron chi connectivity index (χ3n) is 3.33. The predicted octanol–water partition coefficient (Wildman–Crippen LogP) is 2.33. The fraction of sp³-hybridized carbons (Fsp3) is 0.0714. The van der Waals surface area contributed by atoms with E-state index in [1.54, 1.807) is 10.6 Å². The van der Waals surface area contributed by atoms with E-state index < -0.39 is 10.0 Å². The van der Waals surface area contributed by atoms with Crippen LogP contribution in [0.25, 0.3) is 16.7 Å². The van der Waals surface area contributed by atoms with Gasteiger partial charge in [-0.15, -0.1) is 0 Å². The first kappa shape index (κ1) is 15.0. The number of hydrogen-bond donors (Lipinski definition) is 2. The number of imidazole rings is 1. The van der Waals surface area contributed by atoms with Gasteiger partial charge in [0, 0.05) is 10.2 Å². The fourth-order valence-electron chi connectivity index (χ4n) is 2.28. The first-order valence-electron chi connectivity index (χ1n) is 6.34. The third kappa shape index (κ3) is 2.49. The number of nitrogen functional groups attached to an aromatic ring is 1. The molecular formula is C14H13BrN4O2S. The molecule has 2 aromatic carbocycles. The smallest absolute Gasteiger partial charge is 0.239 e. The molecule has 114 valence electrons. The summed E-state index contributed by atoms with van der Waals surface area (Å²) in [4.78, 5) is 4.26. The Morgan fingerprint density at radius 1 is 1.18 bits per heavy atom. The number of fused-ring (bicyclic) bond motifs is 1. The topological polar surface area (TPSA) is 104 Å². The number of halogens is 1. The minimum absolute atomic E-state index is 0.00624. The van der Waals surface area contributed by atoms with E-state index in [2.05, 4.69) is 20.9 Å². The summed E-state index contributed by atoms with van der Waals surface area (Å²) in [6.07, 6.45) is 0. The molecule has 0 bridgehead atoms. The number of anilines is 1. The van der Waals surface area contributed by atoms with Crippen LogP contribution in [0.5, 0.6) is 0 Å². The van der Waals surface area contributed by atoms with Crippen LogP contribution < -0.4 is 10.9 Å². The third-order valence-corrected chi connectivity index (χ3v) is 5.20. The molecule has 1 heterocycles. The van der Waals surface area contributed by atoms with Crippen molar-refractivity contribution in [1.82, 2.24) is 9.55 Å². The lowest BCUT2D eigenvalue weighted by Crippen LogP contribution is -2.13. The van der Waals surface area contributed by atoms with Crippen molar-refractivity contribution in [2.24, 2.45) is 5.14 Å². The van der Waals surface area contributed by atoms with Gasteiger partial charge in [-0.2, -0.15) is 0 Å². The molecule has 4 N–H and O–H groups in total. The Morgan fingerprint density at radius 2 is 1.82 bits per heavy atom. The normalized spacial score (nSPS) is 12.0. The van der Waals surface area contributed by atoms with Gasteiger partial charge in [-0.3, -0.25) is 4.57 Å². The van der Waals surface area contributed by atoms with E-state index in [1.165, 1.54) is 6.07 Å². The van der Waals surface area contributed by atoms with Crippen LogP contribution in [0.3, 0.4) is 0 Å². The molecule has 0 saturated heterocycles. The van der Waals surface area contributed by atoms with Gasteiger partial charge in [-0.1, -0.05) is 17.7 Å². The highest BCUT2D eigenvalue weighted by Gasteiger charge is 2.18. The summed E-state index contributed by atoms with van der Waals surface area (Å²) in [5.41, 5.74) is 9.06. The summed E-state index contributed by atoms with van der Waals surface area (Å²) in [6, 6.07) is 10.7. The molecule has 1 aromatic heterocycles. The van der Waals surface area contributed by atoms with Gasteiger partial charge in [-0.05, 0) is 47.1 Å². The van der Waals surface area contributed by atoms with Crippen molar-refractivity contribution < 1.29 is 8.42 Å². The van der Waals surface area contributed by atoms with Gasteiger partial charge in [0.25, 0.3) is 0 Å². The number of nitrogens with zero attached hydrogens (tertiary/aromatic N) is 2.